The van der Waals surface area contributed by atoms with Crippen LogP contribution in [0, 0.1) is 50.4 Å². The van der Waals surface area contributed by atoms with Gasteiger partial charge in [0.15, 0.2) is 0 Å². The first-order valence-electron chi connectivity index (χ1n) is 21.4. The molecule has 3 unspecified atom stereocenters. The van der Waals surface area contributed by atoms with Gasteiger partial charge in [0.05, 0.1) is 23.0 Å². The number of nitrogens with one attached hydrogen (secondary N) is 1. The van der Waals surface area contributed by atoms with Crippen molar-refractivity contribution in [1.29, 1.82) is 5.26 Å². The molecule has 0 radical (unpaired) electrons. The molecule has 6 bridgehead atoms. The summed E-state index contributed by atoms with van der Waals surface area (Å²) in [5.74, 6) is 0.671. The van der Waals surface area contributed by atoms with Crippen molar-refractivity contribution >= 4 is 39.6 Å². The number of H-pyrrole nitrogens is 1. The molecular formula is C53H72N4O. The predicted molar refractivity (Wildman–Crippen MR) is 251 cm³/mol. The van der Waals surface area contributed by atoms with E-state index in [4.69, 9.17) is 16.5 Å². The molecule has 4 heterocycles. The molecule has 0 spiro atoms. The molecule has 2 aromatic rings. The van der Waals surface area contributed by atoms with Crippen LogP contribution in [0.5, 0.6) is 0 Å². The molecule has 0 amide bonds. The molecule has 3 atom stereocenters. The fourth-order valence-corrected chi connectivity index (χ4v) is 8.56. The average molecular weight is 781 g/mol. The van der Waals surface area contributed by atoms with Crippen molar-refractivity contribution in [2.75, 3.05) is 0 Å². The number of hydrogen-bond acceptors (Lipinski definition) is 4. The van der Waals surface area contributed by atoms with Gasteiger partial charge < -0.3 is 9.78 Å². The van der Waals surface area contributed by atoms with E-state index in [1.165, 1.54) is 11.1 Å². The summed E-state index contributed by atoms with van der Waals surface area (Å²) in [5.41, 5.74) is 17.9. The van der Waals surface area contributed by atoms with E-state index < -0.39 is 0 Å². The van der Waals surface area contributed by atoms with Crippen LogP contribution in [-0.4, -0.2) is 20.7 Å². The van der Waals surface area contributed by atoms with Crippen molar-refractivity contribution < 1.29 is 4.79 Å². The number of nitriles is 1. The summed E-state index contributed by atoms with van der Waals surface area (Å²) in [6, 6.07) is 8.88. The van der Waals surface area contributed by atoms with Gasteiger partial charge in [-0.25, -0.2) is 4.98 Å². The Bertz CT molecular complexity index is 2230. The highest BCUT2D eigenvalue weighted by Crippen LogP contribution is 2.44. The Labute approximate surface area is 351 Å². The molecule has 5 nitrogen and oxygen atoms in total. The van der Waals surface area contributed by atoms with Crippen LogP contribution in [0.4, 0.5) is 0 Å². The molecule has 1 N–H and O–H groups in total. The highest BCUT2D eigenvalue weighted by molar-refractivity contribution is 5.92. The van der Waals surface area contributed by atoms with Crippen LogP contribution < -0.4 is 0 Å². The number of hydrogen-bond donors (Lipinski definition) is 1. The molecule has 2 aliphatic rings. The zero-order valence-electron chi connectivity index (χ0n) is 38.6. The van der Waals surface area contributed by atoms with Gasteiger partial charge in [-0.15, -0.1) is 0 Å². The first-order valence-corrected chi connectivity index (χ1v) is 21.4. The Hall–Kier alpha value is -4.82. The molecule has 0 aliphatic carbocycles. The summed E-state index contributed by atoms with van der Waals surface area (Å²) in [7, 11) is 0. The second-order valence-corrected chi connectivity index (χ2v) is 17.5. The Morgan fingerprint density at radius 1 is 0.983 bits per heavy atom. The van der Waals surface area contributed by atoms with Gasteiger partial charge in [-0.3, -0.25) is 4.98 Å². The lowest BCUT2D eigenvalue weighted by Gasteiger charge is -2.28. The number of aryl methyl sites for hydroxylation is 2. The van der Waals surface area contributed by atoms with Crippen LogP contribution in [0.25, 0.3) is 33.8 Å². The predicted octanol–water partition coefficient (Wildman–Crippen LogP) is 14.9. The fraction of sp³-hybridized carbons (Fsp3) is 0.472. The number of allylic oxidation sites excluding steroid dienone is 5. The summed E-state index contributed by atoms with van der Waals surface area (Å²) in [6.45, 7) is 47.1. The number of ketones is 1. The maximum atomic E-state index is 12.5. The topological polar surface area (TPSA) is 82.4 Å². The average Bonchev–Trinajstić information content (AvgIpc) is 3.75. The third kappa shape index (κ3) is 10.8. The van der Waals surface area contributed by atoms with E-state index in [-0.39, 0.29) is 23.0 Å². The minimum atomic E-state index is -0.000324. The fourth-order valence-electron chi connectivity index (χ4n) is 8.56. The second kappa shape index (κ2) is 20.2. The number of aromatic nitrogens is 3. The Morgan fingerprint density at radius 3 is 2.21 bits per heavy atom. The van der Waals surface area contributed by atoms with Gasteiger partial charge in [0.25, 0.3) is 0 Å². The van der Waals surface area contributed by atoms with Crippen molar-refractivity contribution in [2.24, 2.45) is 11.3 Å². The van der Waals surface area contributed by atoms with Gasteiger partial charge in [-0.2, -0.15) is 5.26 Å². The molecule has 310 valence electrons. The summed E-state index contributed by atoms with van der Waals surface area (Å²) in [5, 5.41) is 10.5. The minimum Gasteiger partial charge on any atom is -0.355 e. The summed E-state index contributed by atoms with van der Waals surface area (Å²) in [4.78, 5) is 27.0. The number of Topliss-reactive ketones (excluding diaryl/α,β-unsaturated/α-hetero) is 1. The lowest BCUT2D eigenvalue weighted by atomic mass is 9.77. The normalized spacial score (nSPS) is 15.4. The van der Waals surface area contributed by atoms with Crippen LogP contribution in [0.1, 0.15) is 181 Å². The SMILES string of the molecule is C=Cc1c(C)c2cc3nc(c(CC(=C)CC(C)(C)CCC(C)C(=C)C)c(C)c(C(=C)C#N)c(C)c(C)cc4nc(cc1[nH]2)C(C)=C4CC)C(CCC(C)=O)C3C.CC. The molecule has 2 aliphatic heterocycles. The van der Waals surface area contributed by atoms with Crippen molar-refractivity contribution in [3.63, 3.8) is 0 Å². The standard InChI is InChI=1S/C51H66N4O.C2H6/c1-17-40-36(11)45-26-48-41(18-2)37(12)44(54-48)25-46-38(13)42(20-19-34(9)56)50(55-46)43(23-30(5)27-51(15,16)22-21-31(6)29(3)4)39(14)49(33(8)28-52)35(10)32(7)24-47(40)53-45;1-2/h18,24-26,31,38,42,54H,2-3,5,8,17,19-23,27H2,1,4,6-7,9-16H3;1-2H3. The van der Waals surface area contributed by atoms with Crippen molar-refractivity contribution in [3.05, 3.63) is 117 Å². The zero-order chi connectivity index (χ0) is 43.8. The lowest BCUT2D eigenvalue weighted by molar-refractivity contribution is -0.117. The third-order valence-corrected chi connectivity index (χ3v) is 12.5. The first kappa shape index (κ1) is 47.6. The Balaban J connectivity index is 0.00000443. The number of aromatic amines is 1. The minimum absolute atomic E-state index is 0.000324. The lowest BCUT2D eigenvalue weighted by Crippen LogP contribution is -2.16. The van der Waals surface area contributed by atoms with E-state index in [0.717, 1.165) is 110 Å². The van der Waals surface area contributed by atoms with E-state index in [1.807, 2.05) is 19.9 Å². The number of nitrogens with zero attached hydrogens (tertiary/aromatic N) is 3. The molecule has 0 fully saturated rings. The molecule has 2 aromatic heterocycles. The summed E-state index contributed by atoms with van der Waals surface area (Å²) < 4.78 is 0. The van der Waals surface area contributed by atoms with Crippen LogP contribution in [0.15, 0.2) is 55.7 Å². The quantitative estimate of drug-likeness (QED) is 0.153. The van der Waals surface area contributed by atoms with E-state index in [0.29, 0.717) is 30.8 Å². The van der Waals surface area contributed by atoms with Crippen molar-refractivity contribution in [2.45, 2.75) is 154 Å². The van der Waals surface area contributed by atoms with E-state index in [9.17, 15) is 10.1 Å². The van der Waals surface area contributed by atoms with Gasteiger partial charge in [0.1, 0.15) is 5.78 Å². The molecule has 0 aromatic carbocycles. The van der Waals surface area contributed by atoms with Crippen LogP contribution in [-0.2, 0) is 11.2 Å². The molecule has 0 saturated carbocycles. The molecule has 58 heavy (non-hydrogen) atoms. The monoisotopic (exact) mass is 781 g/mol. The second-order valence-electron chi connectivity index (χ2n) is 17.5. The van der Waals surface area contributed by atoms with Crippen LogP contribution >= 0.6 is 0 Å². The Morgan fingerprint density at radius 2 is 1.64 bits per heavy atom. The number of fused-ring (bicyclic) bond motifs is 6. The van der Waals surface area contributed by atoms with Gasteiger partial charge >= 0.3 is 0 Å². The van der Waals surface area contributed by atoms with Gasteiger partial charge in [0, 0.05) is 46.2 Å². The highest BCUT2D eigenvalue weighted by Gasteiger charge is 2.32. The maximum absolute atomic E-state index is 12.5. The Kier molecular flexibility index (Phi) is 16.6. The zero-order valence-corrected chi connectivity index (χ0v) is 38.6. The molecule has 4 rings (SSSR count). The van der Waals surface area contributed by atoms with Crippen molar-refractivity contribution in [1.82, 2.24) is 15.0 Å². The summed E-state index contributed by atoms with van der Waals surface area (Å²) in [6.07, 6.45) is 7.49. The molecular weight excluding hydrogens is 709 g/mol. The summed E-state index contributed by atoms with van der Waals surface area (Å²) >= 11 is 0. The third-order valence-electron chi connectivity index (χ3n) is 12.5. The number of carbonyl (C=O) groups is 1. The van der Waals surface area contributed by atoms with Crippen LogP contribution in [0.2, 0.25) is 0 Å². The highest BCUT2D eigenvalue weighted by atomic mass is 16.1. The van der Waals surface area contributed by atoms with E-state index in [2.05, 4.69) is 125 Å². The van der Waals surface area contributed by atoms with Gasteiger partial charge in [-0.1, -0.05) is 92.0 Å². The largest absolute Gasteiger partial charge is 0.355 e. The number of rotatable bonds is 14. The van der Waals surface area contributed by atoms with E-state index >= 15 is 0 Å². The van der Waals surface area contributed by atoms with E-state index in [1.54, 1.807) is 6.92 Å². The maximum Gasteiger partial charge on any atom is 0.129 e. The number of carbonyl (C=O) groups excluding carboxylic acids is 1. The van der Waals surface area contributed by atoms with Crippen LogP contribution in [0.3, 0.4) is 0 Å². The van der Waals surface area contributed by atoms with Crippen molar-refractivity contribution in [3.8, 4) is 6.07 Å². The smallest absolute Gasteiger partial charge is 0.129 e. The molecule has 5 heteroatoms. The molecule has 0 saturated heterocycles. The van der Waals surface area contributed by atoms with Gasteiger partial charge in [0.2, 0.25) is 0 Å². The van der Waals surface area contributed by atoms with Gasteiger partial charge in [-0.05, 0) is 161 Å². The first-order chi connectivity index (χ1) is 27.2.